The molecule has 1 rings (SSSR count). The normalized spacial score (nSPS) is 25.6. The summed E-state index contributed by atoms with van der Waals surface area (Å²) in [4.78, 5) is 10.9. The number of carbonyl (C=O) groups excluding carboxylic acids is 1. The first-order chi connectivity index (χ1) is 8.20. The summed E-state index contributed by atoms with van der Waals surface area (Å²) in [5.74, 6) is -0.394. The number of esters is 1. The molecule has 17 heavy (non-hydrogen) atoms. The first-order valence-electron chi connectivity index (χ1n) is 5.95. The molecule has 7 heteroatoms. The Morgan fingerprint density at radius 1 is 1.18 bits per heavy atom. The van der Waals surface area contributed by atoms with E-state index in [1.165, 1.54) is 6.92 Å². The molecule has 100 valence electrons. The molecule has 0 aliphatic carbocycles. The summed E-state index contributed by atoms with van der Waals surface area (Å²) in [6.07, 6.45) is -0.631. The van der Waals surface area contributed by atoms with Gasteiger partial charge in [-0.2, -0.15) is 5.06 Å². The highest BCUT2D eigenvalue weighted by molar-refractivity contribution is 5.66. The van der Waals surface area contributed by atoms with E-state index in [1.54, 1.807) is 0 Å². The van der Waals surface area contributed by atoms with E-state index < -0.39 is 12.2 Å². The van der Waals surface area contributed by atoms with Crippen molar-refractivity contribution < 1.29 is 14.7 Å². The van der Waals surface area contributed by atoms with Crippen molar-refractivity contribution in [2.75, 3.05) is 45.8 Å². The number of hydrogen-bond acceptors (Lipinski definition) is 7. The van der Waals surface area contributed by atoms with Crippen LogP contribution in [-0.2, 0) is 9.53 Å². The monoisotopic (exact) mass is 246 g/mol. The lowest BCUT2D eigenvalue weighted by molar-refractivity contribution is -0.213. The van der Waals surface area contributed by atoms with Gasteiger partial charge in [-0.25, -0.2) is 0 Å². The Kier molecular flexibility index (Phi) is 7.06. The van der Waals surface area contributed by atoms with Crippen LogP contribution in [0, 0.1) is 0 Å². The van der Waals surface area contributed by atoms with Gasteiger partial charge in [0, 0.05) is 52.7 Å². The molecular weight excluding hydrogens is 224 g/mol. The SMILES string of the molecule is CC(=O)OC1CNCCNCCNCCN1O. The molecule has 1 heterocycles. The molecule has 1 aliphatic rings. The zero-order valence-electron chi connectivity index (χ0n) is 10.2. The number of nitrogens with one attached hydrogen (secondary N) is 3. The van der Waals surface area contributed by atoms with Crippen molar-refractivity contribution >= 4 is 5.97 Å². The van der Waals surface area contributed by atoms with E-state index in [9.17, 15) is 10.0 Å². The second kappa shape index (κ2) is 8.37. The molecule has 4 N–H and O–H groups in total. The number of nitrogens with zero attached hydrogens (tertiary/aromatic N) is 1. The zero-order valence-corrected chi connectivity index (χ0v) is 10.2. The van der Waals surface area contributed by atoms with Gasteiger partial charge in [0.15, 0.2) is 6.23 Å². The fourth-order valence-corrected chi connectivity index (χ4v) is 1.57. The first kappa shape index (κ1) is 14.3. The van der Waals surface area contributed by atoms with Gasteiger partial charge in [-0.3, -0.25) is 4.79 Å². The van der Waals surface area contributed by atoms with Gasteiger partial charge in [0.05, 0.1) is 0 Å². The third-order valence-corrected chi connectivity index (χ3v) is 2.43. The van der Waals surface area contributed by atoms with Crippen molar-refractivity contribution in [3.05, 3.63) is 0 Å². The number of rotatable bonds is 1. The largest absolute Gasteiger partial charge is 0.443 e. The van der Waals surface area contributed by atoms with Crippen LogP contribution in [0.5, 0.6) is 0 Å². The zero-order chi connectivity index (χ0) is 12.5. The summed E-state index contributed by atoms with van der Waals surface area (Å²) in [5, 5.41) is 20.4. The number of ether oxygens (including phenoxy) is 1. The molecule has 0 spiro atoms. The molecule has 1 unspecified atom stereocenters. The van der Waals surface area contributed by atoms with Gasteiger partial charge in [-0.15, -0.1) is 0 Å². The van der Waals surface area contributed by atoms with Crippen molar-refractivity contribution in [3.63, 3.8) is 0 Å². The predicted molar refractivity (Wildman–Crippen MR) is 62.7 cm³/mol. The maximum atomic E-state index is 10.9. The van der Waals surface area contributed by atoms with Crippen molar-refractivity contribution in [3.8, 4) is 0 Å². The minimum absolute atomic E-state index is 0.394. The highest BCUT2D eigenvalue weighted by Crippen LogP contribution is 1.97. The average molecular weight is 246 g/mol. The summed E-state index contributed by atoms with van der Waals surface area (Å²) >= 11 is 0. The fraction of sp³-hybridized carbons (Fsp3) is 0.900. The maximum absolute atomic E-state index is 10.9. The Bertz CT molecular complexity index is 228. The predicted octanol–water partition coefficient (Wildman–Crippen LogP) is -1.65. The van der Waals surface area contributed by atoms with E-state index in [0.717, 1.165) is 31.2 Å². The van der Waals surface area contributed by atoms with Gasteiger partial charge in [0.1, 0.15) is 0 Å². The van der Waals surface area contributed by atoms with Gasteiger partial charge < -0.3 is 25.9 Å². The quantitative estimate of drug-likeness (QED) is 0.412. The van der Waals surface area contributed by atoms with Crippen LogP contribution in [-0.4, -0.2) is 68.3 Å². The van der Waals surface area contributed by atoms with E-state index in [0.29, 0.717) is 19.6 Å². The van der Waals surface area contributed by atoms with Crippen molar-refractivity contribution in [1.29, 1.82) is 0 Å². The molecule has 1 saturated heterocycles. The average Bonchev–Trinajstić information content (AvgIpc) is 2.27. The highest BCUT2D eigenvalue weighted by atomic mass is 16.6. The Balaban J connectivity index is 2.41. The summed E-state index contributed by atoms with van der Waals surface area (Å²) in [6, 6.07) is 0. The Morgan fingerprint density at radius 2 is 1.76 bits per heavy atom. The third kappa shape index (κ3) is 6.54. The summed E-state index contributed by atoms with van der Waals surface area (Å²) in [7, 11) is 0. The number of carbonyl (C=O) groups is 1. The topological polar surface area (TPSA) is 85.9 Å². The lowest BCUT2D eigenvalue weighted by atomic mass is 10.4. The molecular formula is C10H22N4O3. The van der Waals surface area contributed by atoms with Crippen LogP contribution < -0.4 is 16.0 Å². The van der Waals surface area contributed by atoms with Crippen LogP contribution in [0.4, 0.5) is 0 Å². The van der Waals surface area contributed by atoms with Gasteiger partial charge in [0.25, 0.3) is 0 Å². The first-order valence-corrected chi connectivity index (χ1v) is 5.95. The molecule has 0 saturated carbocycles. The molecule has 0 amide bonds. The molecule has 0 radical (unpaired) electrons. The Labute approximate surface area is 101 Å². The number of hydrogen-bond donors (Lipinski definition) is 4. The van der Waals surface area contributed by atoms with Crippen molar-refractivity contribution in [2.45, 2.75) is 13.2 Å². The fourth-order valence-electron chi connectivity index (χ4n) is 1.57. The second-order valence-corrected chi connectivity index (χ2v) is 3.93. The van der Waals surface area contributed by atoms with Crippen molar-refractivity contribution in [1.82, 2.24) is 21.0 Å². The van der Waals surface area contributed by atoms with Gasteiger partial charge in [-0.05, 0) is 0 Å². The summed E-state index contributed by atoms with van der Waals surface area (Å²) in [5.41, 5.74) is 0. The van der Waals surface area contributed by atoms with Crippen LogP contribution in [0.25, 0.3) is 0 Å². The highest BCUT2D eigenvalue weighted by Gasteiger charge is 2.18. The van der Waals surface area contributed by atoms with Crippen LogP contribution in [0.1, 0.15) is 6.92 Å². The Morgan fingerprint density at radius 3 is 2.41 bits per heavy atom. The van der Waals surface area contributed by atoms with Crippen LogP contribution in [0.2, 0.25) is 0 Å². The minimum Gasteiger partial charge on any atom is -0.443 e. The standard InChI is InChI=1S/C10H22N4O3/c1-9(15)17-10-8-13-5-4-11-2-3-12-6-7-14(10)16/h10-13,16H,2-8H2,1H3. The van der Waals surface area contributed by atoms with Crippen molar-refractivity contribution in [2.24, 2.45) is 0 Å². The van der Waals surface area contributed by atoms with E-state index in [1.807, 2.05) is 0 Å². The summed E-state index contributed by atoms with van der Waals surface area (Å²) < 4.78 is 5.03. The van der Waals surface area contributed by atoms with Crippen LogP contribution in [0.15, 0.2) is 0 Å². The smallest absolute Gasteiger partial charge is 0.304 e. The lowest BCUT2D eigenvalue weighted by Crippen LogP contribution is -2.48. The molecule has 1 fully saturated rings. The van der Waals surface area contributed by atoms with Crippen LogP contribution in [0.3, 0.4) is 0 Å². The second-order valence-electron chi connectivity index (χ2n) is 3.93. The van der Waals surface area contributed by atoms with Gasteiger partial charge in [0.2, 0.25) is 0 Å². The number of hydroxylamine groups is 2. The van der Waals surface area contributed by atoms with Crippen LogP contribution >= 0.6 is 0 Å². The van der Waals surface area contributed by atoms with Gasteiger partial charge >= 0.3 is 5.97 Å². The lowest BCUT2D eigenvalue weighted by Gasteiger charge is -2.26. The van der Waals surface area contributed by atoms with Gasteiger partial charge in [-0.1, -0.05) is 0 Å². The molecule has 7 nitrogen and oxygen atoms in total. The Hall–Kier alpha value is -0.730. The molecule has 0 aromatic carbocycles. The van der Waals surface area contributed by atoms with E-state index >= 15 is 0 Å². The molecule has 0 aromatic rings. The molecule has 1 aliphatic heterocycles. The van der Waals surface area contributed by atoms with E-state index in [4.69, 9.17) is 4.74 Å². The molecule has 0 bridgehead atoms. The maximum Gasteiger partial charge on any atom is 0.304 e. The van der Waals surface area contributed by atoms with E-state index in [2.05, 4.69) is 16.0 Å². The molecule has 1 atom stereocenters. The molecule has 0 aromatic heterocycles. The summed E-state index contributed by atoms with van der Waals surface area (Å²) in [6.45, 7) is 6.19. The van der Waals surface area contributed by atoms with E-state index in [-0.39, 0.29) is 0 Å². The minimum atomic E-state index is -0.631. The third-order valence-electron chi connectivity index (χ3n) is 2.43.